The van der Waals surface area contributed by atoms with Gasteiger partial charge in [-0.1, -0.05) is 48.5 Å². The normalized spacial score (nSPS) is 14.6. The zero-order valence-corrected chi connectivity index (χ0v) is 17.2. The molecule has 0 atom stereocenters. The predicted octanol–water partition coefficient (Wildman–Crippen LogP) is 5.43. The molecule has 0 spiro atoms. The standard InChI is InChI=1S/C26H24N2O3/c29-26(21-9-6-10-22(17-21)30-18-19-7-2-1-3-8-19)28-15-13-20(14-16-28)25-27-23-11-4-5-12-24(23)31-25/h1-12,17,20H,13-16,18H2. The summed E-state index contributed by atoms with van der Waals surface area (Å²) in [5, 5.41) is 0. The Labute approximate surface area is 181 Å². The molecule has 31 heavy (non-hydrogen) atoms. The summed E-state index contributed by atoms with van der Waals surface area (Å²) in [6.07, 6.45) is 1.70. The van der Waals surface area contributed by atoms with Crippen LogP contribution in [0.1, 0.15) is 40.6 Å². The first kappa shape index (κ1) is 19.4. The largest absolute Gasteiger partial charge is 0.489 e. The average Bonchev–Trinajstić information content (AvgIpc) is 3.28. The lowest BCUT2D eigenvalue weighted by molar-refractivity contribution is 0.0706. The number of rotatable bonds is 5. The number of amides is 1. The van der Waals surface area contributed by atoms with Crippen molar-refractivity contribution in [3.8, 4) is 5.75 Å². The van der Waals surface area contributed by atoms with E-state index in [-0.39, 0.29) is 11.8 Å². The number of fused-ring (bicyclic) bond motifs is 1. The van der Waals surface area contributed by atoms with E-state index in [2.05, 4.69) is 4.98 Å². The summed E-state index contributed by atoms with van der Waals surface area (Å²) in [7, 11) is 0. The molecule has 1 fully saturated rings. The molecule has 0 aliphatic carbocycles. The van der Waals surface area contributed by atoms with Gasteiger partial charge in [-0.15, -0.1) is 0 Å². The van der Waals surface area contributed by atoms with Crippen molar-refractivity contribution in [2.24, 2.45) is 0 Å². The second kappa shape index (κ2) is 8.64. The van der Waals surface area contributed by atoms with E-state index in [1.807, 2.05) is 83.8 Å². The Kier molecular flexibility index (Phi) is 5.40. The Hall–Kier alpha value is -3.60. The van der Waals surface area contributed by atoms with Crippen LogP contribution in [-0.4, -0.2) is 28.9 Å². The number of para-hydroxylation sites is 2. The second-order valence-corrected chi connectivity index (χ2v) is 7.89. The van der Waals surface area contributed by atoms with Gasteiger partial charge < -0.3 is 14.1 Å². The molecule has 1 aromatic heterocycles. The number of oxazole rings is 1. The van der Waals surface area contributed by atoms with Gasteiger partial charge >= 0.3 is 0 Å². The fourth-order valence-electron chi connectivity index (χ4n) is 4.04. The molecule has 4 aromatic rings. The van der Waals surface area contributed by atoms with E-state index in [1.165, 1.54) is 0 Å². The molecule has 1 amide bonds. The lowest BCUT2D eigenvalue weighted by Gasteiger charge is -2.30. The molecule has 1 saturated heterocycles. The van der Waals surface area contributed by atoms with Crippen LogP contribution in [0, 0.1) is 0 Å². The predicted molar refractivity (Wildman–Crippen MR) is 119 cm³/mol. The maximum absolute atomic E-state index is 13.0. The fourth-order valence-corrected chi connectivity index (χ4v) is 4.04. The van der Waals surface area contributed by atoms with Crippen LogP contribution < -0.4 is 4.74 Å². The molecule has 2 heterocycles. The molecule has 1 aliphatic rings. The molecule has 5 rings (SSSR count). The summed E-state index contributed by atoms with van der Waals surface area (Å²) in [6.45, 7) is 1.86. The number of piperidine rings is 1. The molecule has 3 aromatic carbocycles. The zero-order valence-electron chi connectivity index (χ0n) is 17.2. The topological polar surface area (TPSA) is 55.6 Å². The number of ether oxygens (including phenoxy) is 1. The van der Waals surface area contributed by atoms with Crippen molar-refractivity contribution in [3.05, 3.63) is 95.9 Å². The fraction of sp³-hybridized carbons (Fsp3) is 0.231. The molecule has 5 nitrogen and oxygen atoms in total. The van der Waals surface area contributed by atoms with Crippen molar-refractivity contribution in [3.63, 3.8) is 0 Å². The number of aromatic nitrogens is 1. The van der Waals surface area contributed by atoms with Gasteiger partial charge in [0.05, 0.1) is 0 Å². The first-order chi connectivity index (χ1) is 15.3. The summed E-state index contributed by atoms with van der Waals surface area (Å²) in [5.74, 6) is 1.78. The van der Waals surface area contributed by atoms with Gasteiger partial charge in [0, 0.05) is 24.6 Å². The summed E-state index contributed by atoms with van der Waals surface area (Å²) in [4.78, 5) is 19.6. The smallest absolute Gasteiger partial charge is 0.253 e. The molecular formula is C26H24N2O3. The van der Waals surface area contributed by atoms with Crippen LogP contribution in [0.25, 0.3) is 11.1 Å². The first-order valence-corrected chi connectivity index (χ1v) is 10.7. The van der Waals surface area contributed by atoms with Crippen LogP contribution in [0.4, 0.5) is 0 Å². The summed E-state index contributed by atoms with van der Waals surface area (Å²) >= 11 is 0. The van der Waals surface area contributed by atoms with Crippen molar-refractivity contribution in [1.29, 1.82) is 0 Å². The first-order valence-electron chi connectivity index (χ1n) is 10.7. The highest BCUT2D eigenvalue weighted by Crippen LogP contribution is 2.30. The van der Waals surface area contributed by atoms with Crippen molar-refractivity contribution >= 4 is 17.0 Å². The van der Waals surface area contributed by atoms with Gasteiger partial charge in [-0.3, -0.25) is 4.79 Å². The Balaban J connectivity index is 1.21. The number of carbonyl (C=O) groups is 1. The average molecular weight is 412 g/mol. The minimum absolute atomic E-state index is 0.0428. The molecule has 1 aliphatic heterocycles. The van der Waals surface area contributed by atoms with Gasteiger partial charge in [0.15, 0.2) is 11.5 Å². The van der Waals surface area contributed by atoms with E-state index in [4.69, 9.17) is 9.15 Å². The summed E-state index contributed by atoms with van der Waals surface area (Å²) < 4.78 is 11.8. The van der Waals surface area contributed by atoms with E-state index in [0.717, 1.165) is 35.4 Å². The molecule has 0 unspecified atom stereocenters. The minimum atomic E-state index is 0.0428. The third kappa shape index (κ3) is 4.31. The van der Waals surface area contributed by atoms with E-state index < -0.39 is 0 Å². The number of carbonyl (C=O) groups excluding carboxylic acids is 1. The maximum atomic E-state index is 13.0. The number of benzene rings is 3. The van der Waals surface area contributed by atoms with Gasteiger partial charge in [-0.2, -0.15) is 0 Å². The third-order valence-corrected chi connectivity index (χ3v) is 5.77. The summed E-state index contributed by atoms with van der Waals surface area (Å²) in [5.41, 5.74) is 3.47. The number of likely N-dealkylation sites (tertiary alicyclic amines) is 1. The number of hydrogen-bond donors (Lipinski definition) is 0. The third-order valence-electron chi connectivity index (χ3n) is 5.77. The van der Waals surface area contributed by atoms with Gasteiger partial charge in [0.2, 0.25) is 0 Å². The van der Waals surface area contributed by atoms with Gasteiger partial charge in [0.1, 0.15) is 17.9 Å². The van der Waals surface area contributed by atoms with E-state index >= 15 is 0 Å². The molecule has 0 N–H and O–H groups in total. The van der Waals surface area contributed by atoms with E-state index in [1.54, 1.807) is 0 Å². The highest BCUT2D eigenvalue weighted by atomic mass is 16.5. The molecule has 0 bridgehead atoms. The van der Waals surface area contributed by atoms with E-state index in [9.17, 15) is 4.79 Å². The summed E-state index contributed by atoms with van der Waals surface area (Å²) in [6, 6.07) is 25.3. The Morgan fingerprint density at radius 3 is 2.55 bits per heavy atom. The van der Waals surface area contributed by atoms with Gasteiger partial charge in [-0.05, 0) is 48.7 Å². The van der Waals surface area contributed by atoms with Crippen molar-refractivity contribution in [2.45, 2.75) is 25.4 Å². The Morgan fingerprint density at radius 1 is 0.968 bits per heavy atom. The lowest BCUT2D eigenvalue weighted by atomic mass is 9.96. The van der Waals surface area contributed by atoms with Gasteiger partial charge in [0.25, 0.3) is 5.91 Å². The molecular weight excluding hydrogens is 388 g/mol. The zero-order chi connectivity index (χ0) is 21.0. The number of nitrogens with zero attached hydrogens (tertiary/aromatic N) is 2. The second-order valence-electron chi connectivity index (χ2n) is 7.89. The van der Waals surface area contributed by atoms with Crippen LogP contribution in [0.5, 0.6) is 5.75 Å². The maximum Gasteiger partial charge on any atom is 0.253 e. The van der Waals surface area contributed by atoms with Crippen molar-refractivity contribution in [2.75, 3.05) is 13.1 Å². The van der Waals surface area contributed by atoms with Crippen LogP contribution in [0.2, 0.25) is 0 Å². The monoisotopic (exact) mass is 412 g/mol. The lowest BCUT2D eigenvalue weighted by Crippen LogP contribution is -2.38. The quantitative estimate of drug-likeness (QED) is 0.439. The van der Waals surface area contributed by atoms with Crippen molar-refractivity contribution < 1.29 is 13.9 Å². The molecule has 0 saturated carbocycles. The Bertz CT molecular complexity index is 1140. The minimum Gasteiger partial charge on any atom is -0.489 e. The van der Waals surface area contributed by atoms with Crippen molar-refractivity contribution in [1.82, 2.24) is 9.88 Å². The highest BCUT2D eigenvalue weighted by Gasteiger charge is 2.27. The SMILES string of the molecule is O=C(c1cccc(OCc2ccccc2)c1)N1CCC(c2nc3ccccc3o2)CC1. The number of hydrogen-bond acceptors (Lipinski definition) is 4. The highest BCUT2D eigenvalue weighted by molar-refractivity contribution is 5.94. The van der Waals surface area contributed by atoms with Gasteiger partial charge in [-0.25, -0.2) is 4.98 Å². The molecule has 0 radical (unpaired) electrons. The van der Waals surface area contributed by atoms with Crippen LogP contribution in [0.15, 0.2) is 83.3 Å². The van der Waals surface area contributed by atoms with Crippen LogP contribution in [0.3, 0.4) is 0 Å². The van der Waals surface area contributed by atoms with Crippen LogP contribution in [-0.2, 0) is 6.61 Å². The van der Waals surface area contributed by atoms with Crippen LogP contribution >= 0.6 is 0 Å². The molecule has 5 heteroatoms. The van der Waals surface area contributed by atoms with E-state index in [0.29, 0.717) is 31.0 Å². The molecule has 156 valence electrons. The Morgan fingerprint density at radius 2 is 1.74 bits per heavy atom.